The van der Waals surface area contributed by atoms with Gasteiger partial charge in [0, 0.05) is 29.3 Å². The number of nitrogens with zero attached hydrogens (tertiary/aromatic N) is 1. The van der Waals surface area contributed by atoms with Crippen LogP contribution in [0.1, 0.15) is 16.1 Å². The van der Waals surface area contributed by atoms with Crippen LogP contribution in [0.5, 0.6) is 0 Å². The third-order valence-corrected chi connectivity index (χ3v) is 3.22. The Morgan fingerprint density at radius 2 is 2.22 bits per heavy atom. The minimum Gasteiger partial charge on any atom is -0.347 e. The Balaban J connectivity index is 2.03. The zero-order valence-electron chi connectivity index (χ0n) is 9.78. The molecule has 0 aliphatic carbocycles. The molecular formula is C13H12BrClN2O. The summed E-state index contributed by atoms with van der Waals surface area (Å²) in [6, 6.07) is 9.22. The van der Waals surface area contributed by atoms with Crippen molar-refractivity contribution in [2.75, 3.05) is 0 Å². The van der Waals surface area contributed by atoms with Gasteiger partial charge in [0.25, 0.3) is 5.91 Å². The van der Waals surface area contributed by atoms with Crippen LogP contribution in [-0.4, -0.2) is 10.5 Å². The lowest BCUT2D eigenvalue weighted by atomic mass is 10.2. The van der Waals surface area contributed by atoms with E-state index in [1.807, 2.05) is 31.4 Å². The van der Waals surface area contributed by atoms with Gasteiger partial charge >= 0.3 is 0 Å². The van der Waals surface area contributed by atoms with Gasteiger partial charge in [0.2, 0.25) is 0 Å². The molecule has 2 aromatic rings. The fraction of sp³-hybridized carbons (Fsp3) is 0.154. The summed E-state index contributed by atoms with van der Waals surface area (Å²) in [6.07, 6.45) is 1.84. The van der Waals surface area contributed by atoms with Gasteiger partial charge in [0.15, 0.2) is 0 Å². The first-order chi connectivity index (χ1) is 8.56. The summed E-state index contributed by atoms with van der Waals surface area (Å²) in [5.74, 6) is -0.108. The number of aryl methyl sites for hydroxylation is 1. The summed E-state index contributed by atoms with van der Waals surface area (Å²) in [4.78, 5) is 12.0. The van der Waals surface area contributed by atoms with Gasteiger partial charge in [-0.15, -0.1) is 0 Å². The first-order valence-corrected chi connectivity index (χ1v) is 6.58. The smallest absolute Gasteiger partial charge is 0.268 e. The average Bonchev–Trinajstić information content (AvgIpc) is 2.66. The summed E-state index contributed by atoms with van der Waals surface area (Å²) in [5.41, 5.74) is 1.59. The van der Waals surface area contributed by atoms with Crippen molar-refractivity contribution in [2.24, 2.45) is 7.05 Å². The quantitative estimate of drug-likeness (QED) is 0.921. The number of rotatable bonds is 3. The number of amides is 1. The third kappa shape index (κ3) is 3.15. The summed E-state index contributed by atoms with van der Waals surface area (Å²) in [7, 11) is 1.83. The summed E-state index contributed by atoms with van der Waals surface area (Å²) >= 11 is 9.22. The van der Waals surface area contributed by atoms with Gasteiger partial charge in [-0.1, -0.05) is 23.7 Å². The minimum atomic E-state index is -0.108. The lowest BCUT2D eigenvalue weighted by Gasteiger charge is -2.06. The van der Waals surface area contributed by atoms with E-state index in [1.165, 1.54) is 0 Å². The topological polar surface area (TPSA) is 34.0 Å². The number of hydrogen-bond donors (Lipinski definition) is 1. The third-order valence-electron chi connectivity index (χ3n) is 2.55. The van der Waals surface area contributed by atoms with Crippen molar-refractivity contribution >= 4 is 33.4 Å². The van der Waals surface area contributed by atoms with Gasteiger partial charge in [0.1, 0.15) is 5.69 Å². The number of aromatic nitrogens is 1. The molecule has 0 saturated carbocycles. The van der Waals surface area contributed by atoms with Crippen molar-refractivity contribution in [3.63, 3.8) is 0 Å². The molecule has 18 heavy (non-hydrogen) atoms. The Kier molecular flexibility index (Phi) is 4.09. The number of nitrogens with one attached hydrogen (secondary N) is 1. The normalized spacial score (nSPS) is 10.4. The molecule has 0 spiro atoms. The van der Waals surface area contributed by atoms with Crippen LogP contribution < -0.4 is 5.32 Å². The lowest BCUT2D eigenvalue weighted by molar-refractivity contribution is 0.0943. The molecule has 0 aliphatic rings. The van der Waals surface area contributed by atoms with Crippen LogP contribution in [0.2, 0.25) is 5.02 Å². The maximum absolute atomic E-state index is 12.0. The number of carbonyl (C=O) groups is 1. The number of hydrogen-bond acceptors (Lipinski definition) is 1. The molecule has 94 valence electrons. The molecule has 5 heteroatoms. The van der Waals surface area contributed by atoms with E-state index in [4.69, 9.17) is 11.6 Å². The summed E-state index contributed by atoms with van der Waals surface area (Å²) in [6.45, 7) is 0.461. The maximum atomic E-state index is 12.0. The predicted octanol–water partition coefficient (Wildman–Crippen LogP) is 3.37. The number of benzene rings is 1. The molecule has 0 saturated heterocycles. The monoisotopic (exact) mass is 326 g/mol. The Labute approximate surface area is 119 Å². The zero-order valence-corrected chi connectivity index (χ0v) is 12.1. The standard InChI is InChI=1S/C13H12BrClN2O/c1-17-8-10(14)6-12(17)13(18)16-7-9-3-2-4-11(15)5-9/h2-6,8H,7H2,1H3,(H,16,18). The summed E-state index contributed by atoms with van der Waals surface area (Å²) < 4.78 is 2.66. The van der Waals surface area contributed by atoms with E-state index in [0.29, 0.717) is 17.3 Å². The van der Waals surface area contributed by atoms with Crippen LogP contribution in [0.25, 0.3) is 0 Å². The number of carbonyl (C=O) groups excluding carboxylic acids is 1. The van der Waals surface area contributed by atoms with Crippen molar-refractivity contribution in [1.29, 1.82) is 0 Å². The fourth-order valence-corrected chi connectivity index (χ4v) is 2.41. The van der Waals surface area contributed by atoms with Crippen molar-refractivity contribution < 1.29 is 4.79 Å². The fourth-order valence-electron chi connectivity index (χ4n) is 1.67. The van der Waals surface area contributed by atoms with E-state index in [9.17, 15) is 4.79 Å². The SMILES string of the molecule is Cn1cc(Br)cc1C(=O)NCc1cccc(Cl)c1. The molecule has 0 radical (unpaired) electrons. The maximum Gasteiger partial charge on any atom is 0.268 e. The lowest BCUT2D eigenvalue weighted by Crippen LogP contribution is -2.24. The molecule has 1 heterocycles. The highest BCUT2D eigenvalue weighted by molar-refractivity contribution is 9.10. The van der Waals surface area contributed by atoms with E-state index >= 15 is 0 Å². The molecule has 2 rings (SSSR count). The Morgan fingerprint density at radius 3 is 2.83 bits per heavy atom. The van der Waals surface area contributed by atoms with Crippen LogP contribution in [0, 0.1) is 0 Å². The Bertz CT molecular complexity index is 580. The molecule has 1 aromatic heterocycles. The highest BCUT2D eigenvalue weighted by Crippen LogP contribution is 2.14. The van der Waals surface area contributed by atoms with E-state index in [0.717, 1.165) is 10.0 Å². The van der Waals surface area contributed by atoms with E-state index in [2.05, 4.69) is 21.2 Å². The molecule has 0 fully saturated rings. The van der Waals surface area contributed by atoms with Crippen LogP contribution in [0.4, 0.5) is 0 Å². The van der Waals surface area contributed by atoms with E-state index < -0.39 is 0 Å². The first-order valence-electron chi connectivity index (χ1n) is 5.41. The molecule has 1 aromatic carbocycles. The van der Waals surface area contributed by atoms with Gasteiger partial charge in [-0.05, 0) is 39.7 Å². The molecule has 0 bridgehead atoms. The van der Waals surface area contributed by atoms with Gasteiger partial charge in [-0.3, -0.25) is 4.79 Å². The molecule has 0 aliphatic heterocycles. The van der Waals surface area contributed by atoms with Gasteiger partial charge < -0.3 is 9.88 Å². The zero-order chi connectivity index (χ0) is 13.1. The van der Waals surface area contributed by atoms with Crippen LogP contribution >= 0.6 is 27.5 Å². The van der Waals surface area contributed by atoms with Crippen LogP contribution in [-0.2, 0) is 13.6 Å². The Morgan fingerprint density at radius 1 is 1.44 bits per heavy atom. The molecule has 0 atom stereocenters. The highest BCUT2D eigenvalue weighted by Gasteiger charge is 2.10. The Hall–Kier alpha value is -1.26. The molecule has 1 N–H and O–H groups in total. The second kappa shape index (κ2) is 5.59. The van der Waals surface area contributed by atoms with Crippen molar-refractivity contribution in [1.82, 2.24) is 9.88 Å². The van der Waals surface area contributed by atoms with Crippen LogP contribution in [0.15, 0.2) is 41.0 Å². The molecular weight excluding hydrogens is 316 g/mol. The van der Waals surface area contributed by atoms with Crippen molar-refractivity contribution in [2.45, 2.75) is 6.54 Å². The van der Waals surface area contributed by atoms with Gasteiger partial charge in [-0.25, -0.2) is 0 Å². The molecule has 0 unspecified atom stereocenters. The summed E-state index contributed by atoms with van der Waals surface area (Å²) in [5, 5.41) is 3.53. The van der Waals surface area contributed by atoms with Crippen molar-refractivity contribution in [3.8, 4) is 0 Å². The molecule has 1 amide bonds. The second-order valence-electron chi connectivity index (χ2n) is 3.97. The highest BCUT2D eigenvalue weighted by atomic mass is 79.9. The minimum absolute atomic E-state index is 0.108. The average molecular weight is 328 g/mol. The first kappa shape index (κ1) is 13.2. The van der Waals surface area contributed by atoms with E-state index in [1.54, 1.807) is 16.7 Å². The van der Waals surface area contributed by atoms with E-state index in [-0.39, 0.29) is 5.91 Å². The molecule has 3 nitrogen and oxygen atoms in total. The van der Waals surface area contributed by atoms with Crippen molar-refractivity contribution in [3.05, 3.63) is 57.3 Å². The van der Waals surface area contributed by atoms with Crippen LogP contribution in [0.3, 0.4) is 0 Å². The largest absolute Gasteiger partial charge is 0.347 e. The second-order valence-corrected chi connectivity index (χ2v) is 5.32. The predicted molar refractivity (Wildman–Crippen MR) is 75.7 cm³/mol. The van der Waals surface area contributed by atoms with Gasteiger partial charge in [0.05, 0.1) is 0 Å². The van der Waals surface area contributed by atoms with Gasteiger partial charge in [-0.2, -0.15) is 0 Å². The number of halogens is 2.